The van der Waals surface area contributed by atoms with Crippen LogP contribution >= 0.6 is 0 Å². The van der Waals surface area contributed by atoms with E-state index in [2.05, 4.69) is 189 Å². The van der Waals surface area contributed by atoms with E-state index in [1.54, 1.807) is 0 Å². The van der Waals surface area contributed by atoms with E-state index < -0.39 is 5.41 Å². The van der Waals surface area contributed by atoms with Crippen LogP contribution in [0.1, 0.15) is 71.2 Å². The summed E-state index contributed by atoms with van der Waals surface area (Å²) in [6, 6.07) is 61.7. The molecule has 2 aliphatic carbocycles. The lowest BCUT2D eigenvalue weighted by Gasteiger charge is -2.38. The van der Waals surface area contributed by atoms with Crippen molar-refractivity contribution < 1.29 is 0 Å². The van der Waals surface area contributed by atoms with Gasteiger partial charge in [-0.2, -0.15) is 0 Å². The summed E-state index contributed by atoms with van der Waals surface area (Å²) in [5.41, 5.74) is 19.5. The van der Waals surface area contributed by atoms with E-state index in [1.165, 1.54) is 83.8 Å². The average molecular weight is 628 g/mol. The lowest BCUT2D eigenvalue weighted by atomic mass is 9.69. The molecule has 1 nitrogen and oxygen atoms in total. The summed E-state index contributed by atoms with van der Waals surface area (Å²) in [5, 5.41) is 0. The van der Waals surface area contributed by atoms with E-state index in [0.29, 0.717) is 0 Å². The van der Waals surface area contributed by atoms with Gasteiger partial charge >= 0.3 is 0 Å². The topological polar surface area (TPSA) is 3.24 Å². The fourth-order valence-electron chi connectivity index (χ4n) is 9.18. The molecular weight excluding hydrogens is 591 g/mol. The monoisotopic (exact) mass is 627 g/mol. The molecule has 7 aromatic rings. The largest absolute Gasteiger partial charge is 0.310 e. The van der Waals surface area contributed by atoms with Crippen LogP contribution in [0.5, 0.6) is 0 Å². The Balaban J connectivity index is 1.26. The minimum Gasteiger partial charge on any atom is -0.310 e. The smallest absolute Gasteiger partial charge is 0.0726 e. The zero-order valence-corrected chi connectivity index (χ0v) is 28.1. The number of rotatable bonds is 2. The molecule has 0 fully saturated rings. The molecule has 1 aliphatic heterocycles. The first-order valence-electron chi connectivity index (χ1n) is 17.5. The lowest BCUT2D eigenvalue weighted by Crippen LogP contribution is -2.27. The molecule has 49 heavy (non-hydrogen) atoms. The first-order chi connectivity index (χ1) is 24.0. The van der Waals surface area contributed by atoms with E-state index >= 15 is 0 Å². The molecule has 0 saturated heterocycles. The normalized spacial score (nSPS) is 14.9. The second-order valence-corrected chi connectivity index (χ2v) is 14.9. The Kier molecular flexibility index (Phi) is 5.89. The second kappa shape index (κ2) is 10.2. The number of benzene rings is 7. The van der Waals surface area contributed by atoms with Crippen molar-refractivity contribution in [3.63, 3.8) is 0 Å². The molecular formula is C48H37N. The predicted octanol–water partition coefficient (Wildman–Crippen LogP) is 12.3. The predicted molar refractivity (Wildman–Crippen MR) is 204 cm³/mol. The summed E-state index contributed by atoms with van der Waals surface area (Å²) in [5.74, 6) is 0.166. The molecule has 0 unspecified atom stereocenters. The highest BCUT2D eigenvalue weighted by atomic mass is 15.2. The van der Waals surface area contributed by atoms with Crippen LogP contribution in [-0.2, 0) is 10.8 Å². The van der Waals surface area contributed by atoms with Crippen molar-refractivity contribution in [3.05, 3.63) is 208 Å². The molecule has 0 saturated carbocycles. The van der Waals surface area contributed by atoms with Gasteiger partial charge in [-0.25, -0.2) is 0 Å². The molecule has 0 bridgehead atoms. The summed E-state index contributed by atoms with van der Waals surface area (Å²) in [7, 11) is 0. The van der Waals surface area contributed by atoms with Crippen LogP contribution in [0.25, 0.3) is 22.3 Å². The van der Waals surface area contributed by atoms with Crippen molar-refractivity contribution in [1.82, 2.24) is 0 Å². The maximum Gasteiger partial charge on any atom is 0.0726 e. The van der Waals surface area contributed by atoms with Crippen LogP contribution < -0.4 is 4.90 Å². The van der Waals surface area contributed by atoms with E-state index in [-0.39, 0.29) is 11.3 Å². The number of para-hydroxylation sites is 2. The minimum atomic E-state index is -0.406. The van der Waals surface area contributed by atoms with Crippen LogP contribution in [0.4, 0.5) is 17.1 Å². The molecule has 3 aliphatic rings. The summed E-state index contributed by atoms with van der Waals surface area (Å²) >= 11 is 0. The van der Waals surface area contributed by atoms with Crippen molar-refractivity contribution in [3.8, 4) is 22.3 Å². The van der Waals surface area contributed by atoms with Crippen LogP contribution in [0.15, 0.2) is 164 Å². The SMILES string of the molecule is CC(C)(C)c1ccc2c(c1)C1(c3ccccc3-c3ccccc31)c1cc(N3c4ccccc4C(c4ccccc4)c4ccccc43)ccc1-2. The number of nitrogens with zero attached hydrogens (tertiary/aromatic N) is 1. The van der Waals surface area contributed by atoms with Gasteiger partial charge in [0.15, 0.2) is 0 Å². The third kappa shape index (κ3) is 3.82. The average Bonchev–Trinajstić information content (AvgIpc) is 3.60. The van der Waals surface area contributed by atoms with Gasteiger partial charge in [-0.15, -0.1) is 0 Å². The Morgan fingerprint density at radius 3 is 1.55 bits per heavy atom. The van der Waals surface area contributed by atoms with Gasteiger partial charge in [-0.05, 0) is 96.4 Å². The summed E-state index contributed by atoms with van der Waals surface area (Å²) < 4.78 is 0. The van der Waals surface area contributed by atoms with Crippen molar-refractivity contribution in [2.24, 2.45) is 0 Å². The number of anilines is 3. The fraction of sp³-hybridized carbons (Fsp3) is 0.125. The van der Waals surface area contributed by atoms with E-state index in [0.717, 1.165) is 0 Å². The fourth-order valence-corrected chi connectivity index (χ4v) is 9.18. The second-order valence-electron chi connectivity index (χ2n) is 14.9. The number of hydrogen-bond acceptors (Lipinski definition) is 1. The molecule has 0 N–H and O–H groups in total. The van der Waals surface area contributed by atoms with Crippen LogP contribution in [0.3, 0.4) is 0 Å². The van der Waals surface area contributed by atoms with Gasteiger partial charge in [0.1, 0.15) is 0 Å². The lowest BCUT2D eigenvalue weighted by molar-refractivity contribution is 0.588. The molecule has 1 heterocycles. The molecule has 1 spiro atoms. The van der Waals surface area contributed by atoms with Gasteiger partial charge < -0.3 is 4.90 Å². The van der Waals surface area contributed by atoms with Crippen molar-refractivity contribution in [2.45, 2.75) is 37.5 Å². The van der Waals surface area contributed by atoms with Gasteiger partial charge in [0.05, 0.1) is 16.8 Å². The van der Waals surface area contributed by atoms with Gasteiger partial charge in [0, 0.05) is 11.6 Å². The Morgan fingerprint density at radius 1 is 0.449 bits per heavy atom. The van der Waals surface area contributed by atoms with Crippen molar-refractivity contribution in [1.29, 1.82) is 0 Å². The molecule has 1 heteroatoms. The van der Waals surface area contributed by atoms with Gasteiger partial charge in [0.2, 0.25) is 0 Å². The molecule has 0 radical (unpaired) electrons. The van der Waals surface area contributed by atoms with Crippen molar-refractivity contribution >= 4 is 17.1 Å². The standard InChI is InChI=1S/C48H37N/c1-47(2,3)32-25-27-36-37-28-26-33(30-43(37)48(42(36)29-32)40-21-11-7-17-34(40)35-18-8-12-22-41(35)48)49-44-23-13-9-19-38(44)46(31-15-5-4-6-16-31)39-20-10-14-24-45(39)49/h4-30,46H,1-3H3. The van der Waals surface area contributed by atoms with Crippen LogP contribution in [0, 0.1) is 0 Å². The molecule has 234 valence electrons. The van der Waals surface area contributed by atoms with Crippen molar-refractivity contribution in [2.75, 3.05) is 4.90 Å². The highest BCUT2D eigenvalue weighted by Gasteiger charge is 2.52. The number of fused-ring (bicyclic) bond motifs is 12. The maximum absolute atomic E-state index is 2.52. The van der Waals surface area contributed by atoms with Gasteiger partial charge in [0.25, 0.3) is 0 Å². The third-order valence-electron chi connectivity index (χ3n) is 11.3. The highest BCUT2D eigenvalue weighted by Crippen LogP contribution is 2.64. The summed E-state index contributed by atoms with van der Waals surface area (Å²) in [6.07, 6.45) is 0. The van der Waals surface area contributed by atoms with E-state index in [1.807, 2.05) is 0 Å². The minimum absolute atomic E-state index is 0.0321. The van der Waals surface area contributed by atoms with Gasteiger partial charge in [-0.3, -0.25) is 0 Å². The highest BCUT2D eigenvalue weighted by molar-refractivity contribution is 5.97. The Morgan fingerprint density at radius 2 is 0.939 bits per heavy atom. The number of hydrogen-bond donors (Lipinski definition) is 0. The molecule has 0 amide bonds. The van der Waals surface area contributed by atoms with E-state index in [4.69, 9.17) is 0 Å². The Bertz CT molecular complexity index is 2350. The molecule has 10 rings (SSSR count). The first kappa shape index (κ1) is 28.4. The summed E-state index contributed by atoms with van der Waals surface area (Å²) in [6.45, 7) is 6.98. The molecule has 0 aromatic heterocycles. The Hall–Kier alpha value is -5.66. The molecule has 0 atom stereocenters. The first-order valence-corrected chi connectivity index (χ1v) is 17.5. The van der Waals surface area contributed by atoms with Gasteiger partial charge in [-0.1, -0.05) is 160 Å². The third-order valence-corrected chi connectivity index (χ3v) is 11.3. The quantitative estimate of drug-likeness (QED) is 0.184. The molecule has 7 aromatic carbocycles. The van der Waals surface area contributed by atoms with E-state index in [9.17, 15) is 0 Å². The summed E-state index contributed by atoms with van der Waals surface area (Å²) in [4.78, 5) is 2.51. The van der Waals surface area contributed by atoms with Crippen LogP contribution in [0.2, 0.25) is 0 Å². The Labute approximate surface area is 289 Å². The maximum atomic E-state index is 2.52. The zero-order valence-electron chi connectivity index (χ0n) is 28.1. The zero-order chi connectivity index (χ0) is 32.9. The van der Waals surface area contributed by atoms with Crippen LogP contribution in [-0.4, -0.2) is 0 Å².